The predicted molar refractivity (Wildman–Crippen MR) is 123 cm³/mol. The van der Waals surface area contributed by atoms with E-state index >= 15 is 0 Å². The Morgan fingerprint density at radius 2 is 1.39 bits per heavy atom. The summed E-state index contributed by atoms with van der Waals surface area (Å²) >= 11 is 0. The number of hydrogen-bond acceptors (Lipinski definition) is 4. The number of fused-ring (bicyclic) bond motifs is 1. The molecule has 1 N–H and O–H groups in total. The Labute approximate surface area is 192 Å². The van der Waals surface area contributed by atoms with Crippen LogP contribution in [0.5, 0.6) is 0 Å². The molecule has 7 nitrogen and oxygen atoms in total. The van der Waals surface area contributed by atoms with E-state index in [1.165, 1.54) is 11.0 Å². The van der Waals surface area contributed by atoms with Crippen LogP contribution in [0.15, 0.2) is 42.5 Å². The van der Waals surface area contributed by atoms with E-state index in [1.807, 2.05) is 4.90 Å². The summed E-state index contributed by atoms with van der Waals surface area (Å²) in [7, 11) is 0. The van der Waals surface area contributed by atoms with Crippen LogP contribution < -0.4 is 5.32 Å². The Bertz CT molecular complexity index is 1110. The van der Waals surface area contributed by atoms with Gasteiger partial charge in [-0.15, -0.1) is 0 Å². The van der Waals surface area contributed by atoms with Crippen LogP contribution in [0.4, 0.5) is 5.69 Å². The zero-order chi connectivity index (χ0) is 22.9. The second-order valence-electron chi connectivity index (χ2n) is 9.06. The molecule has 1 saturated heterocycles. The summed E-state index contributed by atoms with van der Waals surface area (Å²) in [6.07, 6.45) is 6.93. The molecule has 0 aromatic heterocycles. The van der Waals surface area contributed by atoms with Crippen molar-refractivity contribution in [3.8, 4) is 0 Å². The van der Waals surface area contributed by atoms with Crippen LogP contribution in [0, 0.1) is 0 Å². The van der Waals surface area contributed by atoms with Gasteiger partial charge in [-0.3, -0.25) is 24.1 Å². The standard InChI is InChI=1S/C26H27N3O4/c30-23(27-19-11-8-17(9-12-19)24(31)28-14-4-5-15-28)18-10-13-21-22(16-18)26(33)29(25(21)32)20-6-2-1-3-7-20/h8-13,16,20H,1-7,14-15H2,(H,27,30). The highest BCUT2D eigenvalue weighted by molar-refractivity contribution is 6.22. The van der Waals surface area contributed by atoms with Crippen molar-refractivity contribution in [2.75, 3.05) is 18.4 Å². The fourth-order valence-corrected chi connectivity index (χ4v) is 5.07. The number of rotatable bonds is 4. The van der Waals surface area contributed by atoms with Gasteiger partial charge >= 0.3 is 0 Å². The average molecular weight is 446 g/mol. The molecule has 2 heterocycles. The predicted octanol–water partition coefficient (Wildman–Crippen LogP) is 4.10. The Kier molecular flexibility index (Phi) is 5.70. The zero-order valence-corrected chi connectivity index (χ0v) is 18.5. The number of amides is 4. The second kappa shape index (κ2) is 8.81. The van der Waals surface area contributed by atoms with Gasteiger partial charge in [0.05, 0.1) is 11.1 Å². The van der Waals surface area contributed by atoms with Gasteiger partial charge in [-0.2, -0.15) is 0 Å². The van der Waals surface area contributed by atoms with Crippen molar-refractivity contribution in [3.05, 3.63) is 64.7 Å². The molecule has 2 fully saturated rings. The van der Waals surface area contributed by atoms with Crippen LogP contribution in [0.3, 0.4) is 0 Å². The number of hydrogen-bond donors (Lipinski definition) is 1. The van der Waals surface area contributed by atoms with Crippen LogP contribution in [-0.4, -0.2) is 52.6 Å². The monoisotopic (exact) mass is 445 g/mol. The van der Waals surface area contributed by atoms with Gasteiger partial charge in [0.25, 0.3) is 23.6 Å². The summed E-state index contributed by atoms with van der Waals surface area (Å²) in [5, 5.41) is 2.81. The van der Waals surface area contributed by atoms with Crippen molar-refractivity contribution < 1.29 is 19.2 Å². The number of anilines is 1. The number of carbonyl (C=O) groups is 4. The zero-order valence-electron chi connectivity index (χ0n) is 18.5. The van der Waals surface area contributed by atoms with E-state index in [0.29, 0.717) is 27.9 Å². The van der Waals surface area contributed by atoms with Crippen LogP contribution in [0.1, 0.15) is 86.4 Å². The van der Waals surface area contributed by atoms with E-state index in [-0.39, 0.29) is 29.7 Å². The first-order valence-electron chi connectivity index (χ1n) is 11.8. The summed E-state index contributed by atoms with van der Waals surface area (Å²) < 4.78 is 0. The van der Waals surface area contributed by atoms with E-state index in [1.54, 1.807) is 36.4 Å². The minimum atomic E-state index is -0.368. The molecular weight excluding hydrogens is 418 g/mol. The molecule has 0 radical (unpaired) electrons. The molecule has 2 aromatic carbocycles. The Balaban J connectivity index is 1.29. The SMILES string of the molecule is O=C(Nc1ccc(C(=O)N2CCCC2)cc1)c1ccc2c(c1)C(=O)N(C1CCCCC1)C2=O. The lowest BCUT2D eigenvalue weighted by molar-refractivity contribution is 0.0548. The summed E-state index contributed by atoms with van der Waals surface area (Å²) in [4.78, 5) is 54.4. The molecule has 0 atom stereocenters. The molecule has 1 saturated carbocycles. The van der Waals surface area contributed by atoms with Crippen molar-refractivity contribution in [1.29, 1.82) is 0 Å². The Morgan fingerprint density at radius 1 is 0.758 bits per heavy atom. The van der Waals surface area contributed by atoms with Gasteiger partial charge in [0.2, 0.25) is 0 Å². The molecule has 4 amide bonds. The van der Waals surface area contributed by atoms with Gasteiger partial charge in [0.15, 0.2) is 0 Å². The van der Waals surface area contributed by atoms with Gasteiger partial charge < -0.3 is 10.2 Å². The van der Waals surface area contributed by atoms with Crippen LogP contribution in [0.2, 0.25) is 0 Å². The van der Waals surface area contributed by atoms with Crippen molar-refractivity contribution in [2.45, 2.75) is 51.0 Å². The highest BCUT2D eigenvalue weighted by Crippen LogP contribution is 2.31. The highest BCUT2D eigenvalue weighted by Gasteiger charge is 2.40. The molecule has 2 aliphatic heterocycles. The van der Waals surface area contributed by atoms with Crippen LogP contribution in [0.25, 0.3) is 0 Å². The van der Waals surface area contributed by atoms with Gasteiger partial charge in [-0.05, 0) is 68.1 Å². The lowest BCUT2D eigenvalue weighted by Gasteiger charge is -2.29. The maximum absolute atomic E-state index is 13.0. The third kappa shape index (κ3) is 4.03. The van der Waals surface area contributed by atoms with Gasteiger partial charge in [-0.25, -0.2) is 0 Å². The molecule has 0 bridgehead atoms. The lowest BCUT2D eigenvalue weighted by Crippen LogP contribution is -2.40. The summed E-state index contributed by atoms with van der Waals surface area (Å²) in [6.45, 7) is 1.57. The summed E-state index contributed by atoms with van der Waals surface area (Å²) in [6, 6.07) is 11.4. The minimum absolute atomic E-state index is 0.00898. The van der Waals surface area contributed by atoms with Crippen molar-refractivity contribution in [3.63, 3.8) is 0 Å². The Morgan fingerprint density at radius 3 is 2.09 bits per heavy atom. The number of carbonyl (C=O) groups excluding carboxylic acids is 4. The highest BCUT2D eigenvalue weighted by atomic mass is 16.2. The molecule has 0 unspecified atom stereocenters. The molecule has 0 spiro atoms. The van der Waals surface area contributed by atoms with Crippen LogP contribution in [-0.2, 0) is 0 Å². The summed E-state index contributed by atoms with van der Waals surface area (Å²) in [5.41, 5.74) is 2.14. The third-order valence-electron chi connectivity index (χ3n) is 6.90. The van der Waals surface area contributed by atoms with Crippen molar-refractivity contribution in [2.24, 2.45) is 0 Å². The van der Waals surface area contributed by atoms with E-state index in [4.69, 9.17) is 0 Å². The van der Waals surface area contributed by atoms with E-state index in [0.717, 1.165) is 58.0 Å². The quantitative estimate of drug-likeness (QED) is 0.718. The first-order valence-corrected chi connectivity index (χ1v) is 11.8. The number of benzene rings is 2. The molecule has 1 aliphatic carbocycles. The fourth-order valence-electron chi connectivity index (χ4n) is 5.07. The number of likely N-dealkylation sites (tertiary alicyclic amines) is 1. The maximum Gasteiger partial charge on any atom is 0.261 e. The fraction of sp³-hybridized carbons (Fsp3) is 0.385. The van der Waals surface area contributed by atoms with Crippen molar-refractivity contribution >= 4 is 29.3 Å². The first-order chi connectivity index (χ1) is 16.0. The third-order valence-corrected chi connectivity index (χ3v) is 6.90. The molecule has 33 heavy (non-hydrogen) atoms. The topological polar surface area (TPSA) is 86.8 Å². The van der Waals surface area contributed by atoms with Gasteiger partial charge in [0, 0.05) is 35.9 Å². The Hall–Kier alpha value is -3.48. The summed E-state index contributed by atoms with van der Waals surface area (Å²) in [5.74, 6) is -0.920. The maximum atomic E-state index is 13.0. The minimum Gasteiger partial charge on any atom is -0.339 e. The largest absolute Gasteiger partial charge is 0.339 e. The van der Waals surface area contributed by atoms with Crippen molar-refractivity contribution in [1.82, 2.24) is 9.80 Å². The number of nitrogens with one attached hydrogen (secondary N) is 1. The van der Waals surface area contributed by atoms with Crippen LogP contribution >= 0.6 is 0 Å². The molecule has 3 aliphatic rings. The smallest absolute Gasteiger partial charge is 0.261 e. The first kappa shape index (κ1) is 21.4. The molecular formula is C26H27N3O4. The normalized spacial score (nSPS) is 18.5. The molecule has 7 heteroatoms. The molecule has 5 rings (SSSR count). The lowest BCUT2D eigenvalue weighted by atomic mass is 9.94. The second-order valence-corrected chi connectivity index (χ2v) is 9.06. The molecule has 170 valence electrons. The average Bonchev–Trinajstić information content (AvgIpc) is 3.47. The van der Waals surface area contributed by atoms with Gasteiger partial charge in [-0.1, -0.05) is 19.3 Å². The number of nitrogens with zero attached hydrogens (tertiary/aromatic N) is 2. The van der Waals surface area contributed by atoms with E-state index in [9.17, 15) is 19.2 Å². The molecule has 2 aromatic rings. The number of imide groups is 1. The van der Waals surface area contributed by atoms with Gasteiger partial charge in [0.1, 0.15) is 0 Å². The van der Waals surface area contributed by atoms with E-state index < -0.39 is 0 Å². The van der Waals surface area contributed by atoms with E-state index in [2.05, 4.69) is 5.32 Å².